The molecule has 1 fully saturated rings. The van der Waals surface area contributed by atoms with Crippen molar-refractivity contribution in [1.29, 1.82) is 0 Å². The highest BCUT2D eigenvalue weighted by Crippen LogP contribution is 2.35. The maximum Gasteiger partial charge on any atom is 0.166 e. The van der Waals surface area contributed by atoms with Gasteiger partial charge in [-0.25, -0.2) is 0 Å². The van der Waals surface area contributed by atoms with Crippen molar-refractivity contribution in [2.24, 2.45) is 0 Å². The van der Waals surface area contributed by atoms with Crippen LogP contribution >= 0.6 is 11.6 Å². The van der Waals surface area contributed by atoms with Gasteiger partial charge in [0.2, 0.25) is 0 Å². The van der Waals surface area contributed by atoms with Gasteiger partial charge in [-0.3, -0.25) is 4.90 Å². The van der Waals surface area contributed by atoms with Gasteiger partial charge in [0.15, 0.2) is 11.5 Å². The number of benzene rings is 1. The van der Waals surface area contributed by atoms with Crippen LogP contribution in [-0.2, 0) is 6.54 Å². The monoisotopic (exact) mass is 341 g/mol. The zero-order valence-corrected chi connectivity index (χ0v) is 15.1. The third-order valence-electron chi connectivity index (χ3n) is 3.80. The SMILES string of the molecule is COc1cc(Cl)cc(CNCCN2CCNCC2)c1OC(C)C. The first-order valence-electron chi connectivity index (χ1n) is 8.27. The average molecular weight is 342 g/mol. The first kappa shape index (κ1) is 18.3. The van der Waals surface area contributed by atoms with Gasteiger partial charge in [-0.05, 0) is 19.9 Å². The minimum Gasteiger partial charge on any atom is -0.493 e. The van der Waals surface area contributed by atoms with Crippen molar-refractivity contribution < 1.29 is 9.47 Å². The number of nitrogens with zero attached hydrogens (tertiary/aromatic N) is 1. The Hall–Kier alpha value is -1.01. The Morgan fingerprint density at radius 3 is 2.70 bits per heavy atom. The highest BCUT2D eigenvalue weighted by molar-refractivity contribution is 6.30. The summed E-state index contributed by atoms with van der Waals surface area (Å²) in [6, 6.07) is 3.74. The van der Waals surface area contributed by atoms with E-state index >= 15 is 0 Å². The van der Waals surface area contributed by atoms with E-state index in [-0.39, 0.29) is 6.10 Å². The maximum absolute atomic E-state index is 6.19. The molecule has 1 aliphatic heterocycles. The van der Waals surface area contributed by atoms with Crippen LogP contribution in [0.1, 0.15) is 19.4 Å². The molecular weight excluding hydrogens is 314 g/mol. The lowest BCUT2D eigenvalue weighted by atomic mass is 10.1. The van der Waals surface area contributed by atoms with Crippen molar-refractivity contribution in [3.8, 4) is 11.5 Å². The number of piperazine rings is 1. The second-order valence-electron chi connectivity index (χ2n) is 6.03. The summed E-state index contributed by atoms with van der Waals surface area (Å²) in [6.45, 7) is 11.1. The molecule has 6 heteroatoms. The normalized spacial score (nSPS) is 15.9. The van der Waals surface area contributed by atoms with Gasteiger partial charge < -0.3 is 20.1 Å². The molecule has 1 aromatic rings. The summed E-state index contributed by atoms with van der Waals surface area (Å²) in [5.41, 5.74) is 1.03. The van der Waals surface area contributed by atoms with Crippen LogP contribution in [0.2, 0.25) is 5.02 Å². The Kier molecular flexibility index (Phi) is 7.43. The van der Waals surface area contributed by atoms with Crippen LogP contribution < -0.4 is 20.1 Å². The van der Waals surface area contributed by atoms with Gasteiger partial charge in [0.25, 0.3) is 0 Å². The van der Waals surface area contributed by atoms with Crippen LogP contribution in [0.15, 0.2) is 12.1 Å². The fraction of sp³-hybridized carbons (Fsp3) is 0.647. The second-order valence-corrected chi connectivity index (χ2v) is 6.47. The smallest absolute Gasteiger partial charge is 0.166 e. The minimum absolute atomic E-state index is 0.0877. The fourth-order valence-electron chi connectivity index (χ4n) is 2.67. The number of rotatable bonds is 8. The van der Waals surface area contributed by atoms with Crippen LogP contribution in [0.5, 0.6) is 11.5 Å². The number of hydrogen-bond donors (Lipinski definition) is 2. The van der Waals surface area contributed by atoms with Crippen LogP contribution in [0.4, 0.5) is 0 Å². The third kappa shape index (κ3) is 5.84. The quantitative estimate of drug-likeness (QED) is 0.709. The van der Waals surface area contributed by atoms with Crippen molar-refractivity contribution in [1.82, 2.24) is 15.5 Å². The average Bonchev–Trinajstić information content (AvgIpc) is 2.54. The third-order valence-corrected chi connectivity index (χ3v) is 4.02. The summed E-state index contributed by atoms with van der Waals surface area (Å²) in [6.07, 6.45) is 0.0877. The van der Waals surface area contributed by atoms with Crippen molar-refractivity contribution in [3.63, 3.8) is 0 Å². The predicted octanol–water partition coefficient (Wildman–Crippen LogP) is 2.13. The molecule has 0 atom stereocenters. The summed E-state index contributed by atoms with van der Waals surface area (Å²) in [4.78, 5) is 2.47. The molecule has 5 nitrogen and oxygen atoms in total. The second kappa shape index (κ2) is 9.33. The largest absolute Gasteiger partial charge is 0.493 e. The Bertz CT molecular complexity index is 491. The molecular formula is C17H28ClN3O2. The highest BCUT2D eigenvalue weighted by atomic mass is 35.5. The van der Waals surface area contributed by atoms with E-state index in [2.05, 4.69) is 15.5 Å². The van der Waals surface area contributed by atoms with Crippen LogP contribution in [0, 0.1) is 0 Å². The Morgan fingerprint density at radius 1 is 1.30 bits per heavy atom. The van der Waals surface area contributed by atoms with Crippen LogP contribution in [-0.4, -0.2) is 57.4 Å². The minimum atomic E-state index is 0.0877. The standard InChI is InChI=1S/C17H28ClN3O2/c1-13(2)23-17-14(10-15(18)11-16(17)22-3)12-20-6-9-21-7-4-19-5-8-21/h10-11,13,19-20H,4-9,12H2,1-3H3. The van der Waals surface area contributed by atoms with Gasteiger partial charge >= 0.3 is 0 Å². The molecule has 1 aliphatic rings. The Labute approximate surface area is 144 Å². The van der Waals surface area contributed by atoms with Crippen molar-refractivity contribution in [2.45, 2.75) is 26.5 Å². The van der Waals surface area contributed by atoms with E-state index in [1.807, 2.05) is 19.9 Å². The molecule has 0 unspecified atom stereocenters. The first-order valence-corrected chi connectivity index (χ1v) is 8.64. The maximum atomic E-state index is 6.19. The summed E-state index contributed by atoms with van der Waals surface area (Å²) in [5, 5.41) is 7.52. The number of ether oxygens (including phenoxy) is 2. The van der Waals surface area contributed by atoms with Crippen LogP contribution in [0.3, 0.4) is 0 Å². The molecule has 0 radical (unpaired) electrons. The zero-order valence-electron chi connectivity index (χ0n) is 14.3. The fourth-order valence-corrected chi connectivity index (χ4v) is 2.90. The Morgan fingerprint density at radius 2 is 2.04 bits per heavy atom. The van der Waals surface area contributed by atoms with Gasteiger partial charge in [0.1, 0.15) is 0 Å². The molecule has 23 heavy (non-hydrogen) atoms. The lowest BCUT2D eigenvalue weighted by Gasteiger charge is -2.27. The van der Waals surface area contributed by atoms with E-state index < -0.39 is 0 Å². The van der Waals surface area contributed by atoms with E-state index in [0.29, 0.717) is 17.3 Å². The number of methoxy groups -OCH3 is 1. The van der Waals surface area contributed by atoms with Gasteiger partial charge in [0.05, 0.1) is 13.2 Å². The summed E-state index contributed by atoms with van der Waals surface area (Å²) in [5.74, 6) is 1.46. The van der Waals surface area contributed by atoms with Gasteiger partial charge in [-0.15, -0.1) is 0 Å². The molecule has 0 aromatic heterocycles. The summed E-state index contributed by atoms with van der Waals surface area (Å²) < 4.78 is 11.3. The molecule has 1 saturated heterocycles. The number of hydrogen-bond acceptors (Lipinski definition) is 5. The summed E-state index contributed by atoms with van der Waals surface area (Å²) >= 11 is 6.19. The molecule has 0 bridgehead atoms. The van der Waals surface area contributed by atoms with Crippen molar-refractivity contribution in [3.05, 3.63) is 22.7 Å². The molecule has 0 amide bonds. The van der Waals surface area contributed by atoms with Crippen LogP contribution in [0.25, 0.3) is 0 Å². The number of nitrogens with one attached hydrogen (secondary N) is 2. The van der Waals surface area contributed by atoms with E-state index in [4.69, 9.17) is 21.1 Å². The van der Waals surface area contributed by atoms with E-state index in [9.17, 15) is 0 Å². The first-order chi connectivity index (χ1) is 11.1. The Balaban J connectivity index is 1.93. The molecule has 1 aromatic carbocycles. The van der Waals surface area contributed by atoms with E-state index in [1.54, 1.807) is 13.2 Å². The molecule has 2 N–H and O–H groups in total. The topological polar surface area (TPSA) is 45.8 Å². The summed E-state index contributed by atoms with van der Waals surface area (Å²) in [7, 11) is 1.64. The lowest BCUT2D eigenvalue weighted by Crippen LogP contribution is -2.45. The van der Waals surface area contributed by atoms with E-state index in [1.165, 1.54) is 0 Å². The molecule has 130 valence electrons. The molecule has 1 heterocycles. The van der Waals surface area contributed by atoms with Crippen molar-refractivity contribution >= 4 is 11.6 Å². The van der Waals surface area contributed by atoms with Gasteiger partial charge in [0, 0.05) is 62.5 Å². The predicted molar refractivity (Wildman–Crippen MR) is 94.8 cm³/mol. The van der Waals surface area contributed by atoms with Gasteiger partial charge in [-0.1, -0.05) is 11.6 Å². The highest BCUT2D eigenvalue weighted by Gasteiger charge is 2.14. The lowest BCUT2D eigenvalue weighted by molar-refractivity contribution is 0.226. The molecule has 0 saturated carbocycles. The van der Waals surface area contributed by atoms with Crippen molar-refractivity contribution in [2.75, 3.05) is 46.4 Å². The van der Waals surface area contributed by atoms with Gasteiger partial charge in [-0.2, -0.15) is 0 Å². The number of halogens is 1. The zero-order chi connectivity index (χ0) is 16.7. The molecule has 0 aliphatic carbocycles. The molecule has 0 spiro atoms. The van der Waals surface area contributed by atoms with E-state index in [0.717, 1.165) is 50.6 Å². The molecule has 2 rings (SSSR count).